The highest BCUT2D eigenvalue weighted by molar-refractivity contribution is 5.67. The Balaban J connectivity index is 1.47. The predicted octanol–water partition coefficient (Wildman–Crippen LogP) is 2.95. The van der Waals surface area contributed by atoms with Crippen molar-refractivity contribution in [2.45, 2.75) is 56.6 Å². The van der Waals surface area contributed by atoms with Crippen molar-refractivity contribution in [2.24, 2.45) is 0 Å². The molecule has 0 spiro atoms. The summed E-state index contributed by atoms with van der Waals surface area (Å²) in [5, 5.41) is 2.72. The first-order valence-electron chi connectivity index (χ1n) is 10.1. The van der Waals surface area contributed by atoms with Gasteiger partial charge in [0.05, 0.1) is 6.54 Å². The van der Waals surface area contributed by atoms with Crippen LogP contribution in [0.4, 0.5) is 4.79 Å². The maximum Gasteiger partial charge on any atom is 0.407 e. The molecule has 0 saturated carbocycles. The molecule has 3 rings (SSSR count). The largest absolute Gasteiger partial charge is 0.445 e. The zero-order valence-electron chi connectivity index (χ0n) is 17.2. The van der Waals surface area contributed by atoms with Gasteiger partial charge >= 0.3 is 6.09 Å². The average molecular weight is 409 g/mol. The minimum Gasteiger partial charge on any atom is -0.445 e. The highest BCUT2D eigenvalue weighted by Crippen LogP contribution is 2.39. The van der Waals surface area contributed by atoms with Crippen LogP contribution in [-0.4, -0.2) is 57.9 Å². The van der Waals surface area contributed by atoms with E-state index in [4.69, 9.17) is 28.4 Å². The fourth-order valence-electron chi connectivity index (χ4n) is 3.51. The molecule has 0 radical (unpaired) electrons. The second kappa shape index (κ2) is 10.4. The van der Waals surface area contributed by atoms with Crippen LogP contribution >= 0.6 is 0 Å². The summed E-state index contributed by atoms with van der Waals surface area (Å²) in [5.74, 6) is -1.94. The third-order valence-electron chi connectivity index (χ3n) is 5.34. The minimum absolute atomic E-state index is 0.141. The Kier molecular flexibility index (Phi) is 7.85. The smallest absolute Gasteiger partial charge is 0.407 e. The molecule has 2 heterocycles. The van der Waals surface area contributed by atoms with Gasteiger partial charge in [0, 0.05) is 33.7 Å². The van der Waals surface area contributed by atoms with E-state index in [0.29, 0.717) is 19.4 Å². The normalized spacial score (nSPS) is 29.5. The highest BCUT2D eigenvalue weighted by Gasteiger charge is 2.51. The van der Waals surface area contributed by atoms with Crippen molar-refractivity contribution in [3.05, 3.63) is 35.9 Å². The van der Waals surface area contributed by atoms with Gasteiger partial charge in [0.15, 0.2) is 17.9 Å². The van der Waals surface area contributed by atoms with Gasteiger partial charge in [-0.05, 0) is 24.8 Å². The fourth-order valence-corrected chi connectivity index (χ4v) is 3.51. The first-order chi connectivity index (χ1) is 14.1. The van der Waals surface area contributed by atoms with Gasteiger partial charge in [-0.1, -0.05) is 30.3 Å². The lowest BCUT2D eigenvalue weighted by atomic mass is 10.1. The van der Waals surface area contributed by atoms with Gasteiger partial charge in [0.25, 0.3) is 0 Å². The van der Waals surface area contributed by atoms with E-state index >= 15 is 0 Å². The summed E-state index contributed by atoms with van der Waals surface area (Å²) >= 11 is 0. The number of carbonyl (C=O) groups is 1. The summed E-state index contributed by atoms with van der Waals surface area (Å²) in [6.45, 7) is 1.28. The van der Waals surface area contributed by atoms with E-state index in [1.807, 2.05) is 30.3 Å². The Morgan fingerprint density at radius 2 is 1.90 bits per heavy atom. The quantitative estimate of drug-likeness (QED) is 0.671. The van der Waals surface area contributed by atoms with Crippen LogP contribution in [0.25, 0.3) is 0 Å². The van der Waals surface area contributed by atoms with Crippen molar-refractivity contribution in [1.29, 1.82) is 0 Å². The van der Waals surface area contributed by atoms with Crippen LogP contribution in [0.2, 0.25) is 0 Å². The second-order valence-corrected chi connectivity index (χ2v) is 7.35. The van der Waals surface area contributed by atoms with Crippen LogP contribution < -0.4 is 5.32 Å². The maximum atomic E-state index is 12.1. The van der Waals surface area contributed by atoms with E-state index in [1.165, 1.54) is 0 Å². The molecule has 2 fully saturated rings. The van der Waals surface area contributed by atoms with Gasteiger partial charge in [0.1, 0.15) is 13.2 Å². The summed E-state index contributed by atoms with van der Waals surface area (Å²) < 4.78 is 34.1. The van der Waals surface area contributed by atoms with Gasteiger partial charge in [-0.2, -0.15) is 0 Å². The molecular formula is C21H31NO7. The summed E-state index contributed by atoms with van der Waals surface area (Å²) in [5.41, 5.74) is 0.918. The lowest BCUT2D eigenvalue weighted by Crippen LogP contribution is -2.48. The zero-order valence-corrected chi connectivity index (χ0v) is 17.2. The Bertz CT molecular complexity index is 637. The number of hydrogen-bond donors (Lipinski definition) is 1. The molecular weight excluding hydrogens is 378 g/mol. The van der Waals surface area contributed by atoms with Crippen LogP contribution in [0.15, 0.2) is 30.3 Å². The van der Waals surface area contributed by atoms with E-state index in [-0.39, 0.29) is 26.0 Å². The number of nitrogens with one attached hydrogen (secondary N) is 1. The number of methoxy groups -OCH3 is 2. The summed E-state index contributed by atoms with van der Waals surface area (Å²) in [6.07, 6.45) is 3.37. The van der Waals surface area contributed by atoms with Crippen molar-refractivity contribution < 1.29 is 33.2 Å². The Morgan fingerprint density at radius 1 is 1.14 bits per heavy atom. The minimum atomic E-state index is -1.00. The molecule has 0 aromatic heterocycles. The third-order valence-corrected chi connectivity index (χ3v) is 5.34. The van der Waals surface area contributed by atoms with E-state index in [9.17, 15) is 4.79 Å². The topological polar surface area (TPSA) is 84.5 Å². The molecule has 162 valence electrons. The average Bonchev–Trinajstić information content (AvgIpc) is 3.16. The van der Waals surface area contributed by atoms with Gasteiger partial charge < -0.3 is 33.7 Å². The van der Waals surface area contributed by atoms with Crippen molar-refractivity contribution in [3.8, 4) is 0 Å². The van der Waals surface area contributed by atoms with Crippen molar-refractivity contribution in [2.75, 3.05) is 34.0 Å². The molecule has 2 saturated heterocycles. The van der Waals surface area contributed by atoms with Gasteiger partial charge in [-0.25, -0.2) is 4.79 Å². The van der Waals surface area contributed by atoms with Crippen LogP contribution in [0.5, 0.6) is 0 Å². The molecule has 3 atom stereocenters. The molecule has 2 aliphatic rings. The van der Waals surface area contributed by atoms with Crippen molar-refractivity contribution in [3.63, 3.8) is 0 Å². The van der Waals surface area contributed by atoms with Crippen LogP contribution in [-0.2, 0) is 35.0 Å². The molecule has 29 heavy (non-hydrogen) atoms. The lowest BCUT2D eigenvalue weighted by Gasteiger charge is -2.34. The van der Waals surface area contributed by atoms with Crippen molar-refractivity contribution >= 4 is 6.09 Å². The Hall–Kier alpha value is -1.71. The molecule has 1 amide bonds. The first kappa shape index (κ1) is 22.0. The zero-order chi connectivity index (χ0) is 20.6. The number of alkyl carbamates (subject to hydrolysis) is 1. The standard InChI is InChI=1S/C21H31NO7/c1-24-20(15-22-19(23)27-14-17-8-4-3-5-9-17)11-12-21(25-2,29-20)16-28-18-10-6-7-13-26-18/h3-5,8-9,18H,6-7,10-16H2,1-2H3,(H,22,23). The summed E-state index contributed by atoms with van der Waals surface area (Å²) in [4.78, 5) is 12.1. The Labute approximate surface area is 171 Å². The van der Waals surface area contributed by atoms with E-state index < -0.39 is 17.7 Å². The number of rotatable bonds is 9. The molecule has 0 bridgehead atoms. The summed E-state index contributed by atoms with van der Waals surface area (Å²) in [7, 11) is 3.13. The maximum absolute atomic E-state index is 12.1. The van der Waals surface area contributed by atoms with E-state index in [0.717, 1.165) is 24.8 Å². The molecule has 1 aromatic carbocycles. The molecule has 1 N–H and O–H groups in total. The third kappa shape index (κ3) is 6.13. The Morgan fingerprint density at radius 3 is 2.59 bits per heavy atom. The molecule has 1 aromatic rings. The summed E-state index contributed by atoms with van der Waals surface area (Å²) in [6, 6.07) is 9.50. The van der Waals surface area contributed by atoms with Crippen LogP contribution in [0, 0.1) is 0 Å². The molecule has 0 aliphatic carbocycles. The highest BCUT2D eigenvalue weighted by atomic mass is 16.8. The van der Waals surface area contributed by atoms with Gasteiger partial charge in [0.2, 0.25) is 0 Å². The number of amides is 1. The van der Waals surface area contributed by atoms with Gasteiger partial charge in [-0.15, -0.1) is 0 Å². The number of carbonyl (C=O) groups excluding carboxylic acids is 1. The first-order valence-corrected chi connectivity index (χ1v) is 10.1. The lowest BCUT2D eigenvalue weighted by molar-refractivity contribution is -0.328. The number of ether oxygens (including phenoxy) is 6. The number of hydrogen-bond acceptors (Lipinski definition) is 7. The van der Waals surface area contributed by atoms with Gasteiger partial charge in [-0.3, -0.25) is 0 Å². The molecule has 8 heteroatoms. The molecule has 2 aliphatic heterocycles. The SMILES string of the molecule is COC1(CNC(=O)OCc2ccccc2)CCC(COC2CCCCO2)(OC)O1. The van der Waals surface area contributed by atoms with E-state index in [1.54, 1.807) is 14.2 Å². The van der Waals surface area contributed by atoms with Crippen LogP contribution in [0.1, 0.15) is 37.7 Å². The second-order valence-electron chi connectivity index (χ2n) is 7.35. The molecule has 3 unspecified atom stereocenters. The fraction of sp³-hybridized carbons (Fsp3) is 0.667. The monoisotopic (exact) mass is 409 g/mol. The van der Waals surface area contributed by atoms with E-state index in [2.05, 4.69) is 5.32 Å². The number of benzene rings is 1. The van der Waals surface area contributed by atoms with Crippen LogP contribution in [0.3, 0.4) is 0 Å². The molecule has 8 nitrogen and oxygen atoms in total. The predicted molar refractivity (Wildman–Crippen MR) is 104 cm³/mol. The van der Waals surface area contributed by atoms with Crippen molar-refractivity contribution in [1.82, 2.24) is 5.32 Å².